The number of aryl methyl sites for hydroxylation is 3. The number of carbonyl (C=O) groups is 2. The zero-order valence-corrected chi connectivity index (χ0v) is 14.6. The van der Waals surface area contributed by atoms with Gasteiger partial charge in [-0.05, 0) is 25.5 Å². The van der Waals surface area contributed by atoms with Gasteiger partial charge in [0.1, 0.15) is 5.56 Å². The van der Waals surface area contributed by atoms with Gasteiger partial charge in [0.25, 0.3) is 5.91 Å². The molecule has 0 atom stereocenters. The van der Waals surface area contributed by atoms with Gasteiger partial charge in [0, 0.05) is 26.0 Å². The highest BCUT2D eigenvalue weighted by molar-refractivity contribution is 6.00. The molecular weight excluding hydrogens is 308 g/mol. The van der Waals surface area contributed by atoms with E-state index < -0.39 is 0 Å². The maximum atomic E-state index is 12.4. The van der Waals surface area contributed by atoms with Gasteiger partial charge in [-0.15, -0.1) is 5.10 Å². The number of carbonyl (C=O) groups excluding carboxylic acids is 2. The lowest BCUT2D eigenvalue weighted by Crippen LogP contribution is -2.35. The molecule has 0 unspecified atom stereocenters. The molecule has 1 heterocycles. The first-order chi connectivity index (χ1) is 11.3. The Morgan fingerprint density at radius 3 is 2.67 bits per heavy atom. The first-order valence-corrected chi connectivity index (χ1v) is 7.52. The monoisotopic (exact) mass is 330 g/mol. The Labute approximate surface area is 141 Å². The second-order valence-electron chi connectivity index (χ2n) is 5.75. The molecule has 0 saturated carbocycles. The standard InChI is InChI=1S/C17H22N4O3/c1-11-6-7-14(12(2)8-11)18-15(22)10-20(3)17(23)13-9-21(4)19-16(13)24-5/h6-9H,10H2,1-5H3,(H,18,22). The molecule has 0 fully saturated rings. The summed E-state index contributed by atoms with van der Waals surface area (Å²) in [6.45, 7) is 3.86. The molecule has 1 aromatic carbocycles. The molecule has 128 valence electrons. The Bertz CT molecular complexity index is 767. The Morgan fingerprint density at radius 1 is 1.33 bits per heavy atom. The SMILES string of the molecule is COc1nn(C)cc1C(=O)N(C)CC(=O)Nc1ccc(C)cc1C. The molecule has 0 radical (unpaired) electrons. The summed E-state index contributed by atoms with van der Waals surface area (Å²) in [6, 6.07) is 5.78. The van der Waals surface area contributed by atoms with Crippen LogP contribution in [0.25, 0.3) is 0 Å². The molecule has 7 heteroatoms. The Balaban J connectivity index is 2.04. The summed E-state index contributed by atoms with van der Waals surface area (Å²) in [5, 5.41) is 6.87. The van der Waals surface area contributed by atoms with Crippen molar-refractivity contribution >= 4 is 17.5 Å². The molecule has 0 aliphatic carbocycles. The van der Waals surface area contributed by atoms with E-state index in [9.17, 15) is 9.59 Å². The lowest BCUT2D eigenvalue weighted by atomic mass is 10.1. The van der Waals surface area contributed by atoms with Crippen LogP contribution < -0.4 is 10.1 Å². The van der Waals surface area contributed by atoms with Crippen molar-refractivity contribution in [1.29, 1.82) is 0 Å². The zero-order valence-electron chi connectivity index (χ0n) is 14.6. The smallest absolute Gasteiger partial charge is 0.261 e. The Morgan fingerprint density at radius 2 is 2.04 bits per heavy atom. The van der Waals surface area contributed by atoms with Gasteiger partial charge >= 0.3 is 0 Å². The van der Waals surface area contributed by atoms with Crippen molar-refractivity contribution in [2.45, 2.75) is 13.8 Å². The first-order valence-electron chi connectivity index (χ1n) is 7.52. The number of benzene rings is 1. The van der Waals surface area contributed by atoms with E-state index in [-0.39, 0.29) is 24.2 Å². The summed E-state index contributed by atoms with van der Waals surface area (Å²) in [5.74, 6) is -0.347. The number of amides is 2. The number of ether oxygens (including phenoxy) is 1. The minimum atomic E-state index is -0.323. The van der Waals surface area contributed by atoms with Crippen LogP contribution in [0.1, 0.15) is 21.5 Å². The Kier molecular flexibility index (Phi) is 5.23. The van der Waals surface area contributed by atoms with E-state index in [0.717, 1.165) is 16.8 Å². The quantitative estimate of drug-likeness (QED) is 0.906. The number of nitrogens with one attached hydrogen (secondary N) is 1. The molecule has 1 aromatic heterocycles. The number of likely N-dealkylation sites (N-methyl/N-ethyl adjacent to an activating group) is 1. The largest absolute Gasteiger partial charge is 0.479 e. The molecule has 0 aliphatic rings. The summed E-state index contributed by atoms with van der Waals surface area (Å²) < 4.78 is 6.58. The molecule has 2 rings (SSSR count). The van der Waals surface area contributed by atoms with E-state index in [1.165, 1.54) is 16.7 Å². The van der Waals surface area contributed by atoms with Crippen molar-refractivity contribution in [3.63, 3.8) is 0 Å². The summed E-state index contributed by atoms with van der Waals surface area (Å²) in [6.07, 6.45) is 1.57. The molecule has 1 N–H and O–H groups in total. The number of nitrogens with zero attached hydrogens (tertiary/aromatic N) is 3. The fraction of sp³-hybridized carbons (Fsp3) is 0.353. The highest BCUT2D eigenvalue weighted by Crippen LogP contribution is 2.18. The summed E-state index contributed by atoms with van der Waals surface area (Å²) >= 11 is 0. The fourth-order valence-electron chi connectivity index (χ4n) is 2.40. The van der Waals surface area contributed by atoms with Gasteiger partial charge in [0.15, 0.2) is 0 Å². The molecule has 0 aliphatic heterocycles. The van der Waals surface area contributed by atoms with Crippen LogP contribution in [0.3, 0.4) is 0 Å². The second-order valence-corrected chi connectivity index (χ2v) is 5.75. The van der Waals surface area contributed by atoms with Crippen molar-refractivity contribution in [1.82, 2.24) is 14.7 Å². The third kappa shape index (κ3) is 3.92. The average Bonchev–Trinajstić information content (AvgIpc) is 2.90. The van der Waals surface area contributed by atoms with Crippen LogP contribution in [-0.2, 0) is 11.8 Å². The molecule has 2 aromatic rings. The summed E-state index contributed by atoms with van der Waals surface area (Å²) in [7, 11) is 4.72. The van der Waals surface area contributed by atoms with Gasteiger partial charge in [0.2, 0.25) is 11.8 Å². The normalized spacial score (nSPS) is 10.4. The lowest BCUT2D eigenvalue weighted by molar-refractivity contribution is -0.116. The molecule has 7 nitrogen and oxygen atoms in total. The van der Waals surface area contributed by atoms with E-state index in [1.54, 1.807) is 20.3 Å². The number of aromatic nitrogens is 2. The predicted molar refractivity (Wildman–Crippen MR) is 91.3 cm³/mol. The number of rotatable bonds is 5. The lowest BCUT2D eigenvalue weighted by Gasteiger charge is -2.17. The first kappa shape index (κ1) is 17.5. The van der Waals surface area contributed by atoms with Crippen LogP contribution in [0.15, 0.2) is 24.4 Å². The van der Waals surface area contributed by atoms with Gasteiger partial charge in [-0.25, -0.2) is 0 Å². The molecular formula is C17H22N4O3. The topological polar surface area (TPSA) is 76.5 Å². The highest BCUT2D eigenvalue weighted by Gasteiger charge is 2.21. The predicted octanol–water partition coefficient (Wildman–Crippen LogP) is 1.76. The molecule has 2 amide bonds. The van der Waals surface area contributed by atoms with Gasteiger partial charge in [-0.1, -0.05) is 17.7 Å². The van der Waals surface area contributed by atoms with Gasteiger partial charge in [0.05, 0.1) is 13.7 Å². The van der Waals surface area contributed by atoms with Crippen LogP contribution >= 0.6 is 0 Å². The summed E-state index contributed by atoms with van der Waals surface area (Å²) in [5.41, 5.74) is 3.17. The van der Waals surface area contributed by atoms with Crippen molar-refractivity contribution in [3.8, 4) is 5.88 Å². The van der Waals surface area contributed by atoms with Crippen LogP contribution in [0.5, 0.6) is 5.88 Å². The zero-order chi connectivity index (χ0) is 17.9. The van der Waals surface area contributed by atoms with Crippen molar-refractivity contribution in [2.75, 3.05) is 26.0 Å². The van der Waals surface area contributed by atoms with Gasteiger partial charge in [-0.2, -0.15) is 0 Å². The van der Waals surface area contributed by atoms with Gasteiger partial charge in [-0.3, -0.25) is 14.3 Å². The van der Waals surface area contributed by atoms with Gasteiger partial charge < -0.3 is 15.0 Å². The minimum Gasteiger partial charge on any atom is -0.479 e. The van der Waals surface area contributed by atoms with Crippen molar-refractivity contribution in [3.05, 3.63) is 41.1 Å². The van der Waals surface area contributed by atoms with Crippen molar-refractivity contribution < 1.29 is 14.3 Å². The number of methoxy groups -OCH3 is 1. The second kappa shape index (κ2) is 7.16. The van der Waals surface area contributed by atoms with E-state index in [4.69, 9.17) is 4.74 Å². The highest BCUT2D eigenvalue weighted by atomic mass is 16.5. The van der Waals surface area contributed by atoms with Crippen LogP contribution in [0.4, 0.5) is 5.69 Å². The van der Waals surface area contributed by atoms with Crippen LogP contribution in [-0.4, -0.2) is 47.2 Å². The molecule has 0 spiro atoms. The number of hydrogen-bond acceptors (Lipinski definition) is 4. The molecule has 24 heavy (non-hydrogen) atoms. The number of hydrogen-bond donors (Lipinski definition) is 1. The third-order valence-corrected chi connectivity index (χ3v) is 3.60. The van der Waals surface area contributed by atoms with E-state index >= 15 is 0 Å². The van der Waals surface area contributed by atoms with Crippen LogP contribution in [0, 0.1) is 13.8 Å². The van der Waals surface area contributed by atoms with E-state index in [1.807, 2.05) is 32.0 Å². The third-order valence-electron chi connectivity index (χ3n) is 3.60. The maximum Gasteiger partial charge on any atom is 0.261 e. The number of anilines is 1. The Hall–Kier alpha value is -2.83. The molecule has 0 saturated heterocycles. The maximum absolute atomic E-state index is 12.4. The average molecular weight is 330 g/mol. The molecule has 0 bridgehead atoms. The van der Waals surface area contributed by atoms with E-state index in [0.29, 0.717) is 5.56 Å². The van der Waals surface area contributed by atoms with E-state index in [2.05, 4.69) is 10.4 Å². The summed E-state index contributed by atoms with van der Waals surface area (Å²) in [4.78, 5) is 26.0. The van der Waals surface area contributed by atoms with Crippen molar-refractivity contribution in [2.24, 2.45) is 7.05 Å². The fourth-order valence-corrected chi connectivity index (χ4v) is 2.40. The van der Waals surface area contributed by atoms with Crippen LogP contribution in [0.2, 0.25) is 0 Å². The minimum absolute atomic E-state index is 0.0653.